The van der Waals surface area contributed by atoms with Crippen LogP contribution in [-0.2, 0) is 9.53 Å². The van der Waals surface area contributed by atoms with Gasteiger partial charge in [-0.25, -0.2) is 14.6 Å². The van der Waals surface area contributed by atoms with E-state index in [1.807, 2.05) is 43.3 Å². The van der Waals surface area contributed by atoms with Crippen LogP contribution in [-0.4, -0.2) is 42.3 Å². The van der Waals surface area contributed by atoms with Gasteiger partial charge in [0.05, 0.1) is 39.0 Å². The molecular weight excluding hydrogens is 566 g/mol. The number of thiazole rings is 1. The van der Waals surface area contributed by atoms with E-state index < -0.39 is 18.0 Å². The van der Waals surface area contributed by atoms with Crippen LogP contribution < -0.4 is 19.8 Å². The Balaban J connectivity index is 1.61. The lowest BCUT2D eigenvalue weighted by Gasteiger charge is -2.25. The maximum atomic E-state index is 13.8. The summed E-state index contributed by atoms with van der Waals surface area (Å²) >= 11 is 7.18. The van der Waals surface area contributed by atoms with Gasteiger partial charge in [-0.1, -0.05) is 35.1 Å². The number of furan rings is 1. The van der Waals surface area contributed by atoms with E-state index in [1.54, 1.807) is 38.1 Å². The molecule has 0 amide bonds. The predicted molar refractivity (Wildman–Crippen MR) is 157 cm³/mol. The molecule has 1 unspecified atom stereocenters. The van der Waals surface area contributed by atoms with E-state index >= 15 is 0 Å². The number of carbonyl (C=O) groups excluding carboxylic acids is 1. The van der Waals surface area contributed by atoms with Gasteiger partial charge in [0.15, 0.2) is 4.80 Å². The number of esters is 1. The van der Waals surface area contributed by atoms with Gasteiger partial charge in [0.2, 0.25) is 0 Å². The molecule has 9 nitrogen and oxygen atoms in total. The molecule has 210 valence electrons. The van der Waals surface area contributed by atoms with Gasteiger partial charge < -0.3 is 19.2 Å². The normalized spacial score (nSPS) is 15.0. The Labute approximate surface area is 243 Å². The number of hydrogen-bond acceptors (Lipinski definition) is 8. The van der Waals surface area contributed by atoms with Crippen molar-refractivity contribution in [1.29, 1.82) is 0 Å². The monoisotopic (exact) mass is 591 g/mol. The third-order valence-corrected chi connectivity index (χ3v) is 7.94. The quantitative estimate of drug-likeness (QED) is 0.315. The van der Waals surface area contributed by atoms with Gasteiger partial charge in [0, 0.05) is 31.4 Å². The molecule has 0 saturated heterocycles. The fourth-order valence-electron chi connectivity index (χ4n) is 4.62. The predicted octanol–water partition coefficient (Wildman–Crippen LogP) is 4.48. The van der Waals surface area contributed by atoms with Crippen molar-refractivity contribution in [2.45, 2.75) is 19.9 Å². The first-order chi connectivity index (χ1) is 19.6. The van der Waals surface area contributed by atoms with E-state index in [-0.39, 0.29) is 22.8 Å². The Hall–Kier alpha value is -4.41. The number of aromatic nitrogens is 1. The third-order valence-electron chi connectivity index (χ3n) is 6.62. The molecule has 1 atom stereocenters. The van der Waals surface area contributed by atoms with Crippen molar-refractivity contribution in [3.8, 4) is 11.3 Å². The number of rotatable bonds is 7. The van der Waals surface area contributed by atoms with Crippen molar-refractivity contribution >= 4 is 46.6 Å². The number of aromatic carboxylic acids is 1. The van der Waals surface area contributed by atoms with Crippen molar-refractivity contribution < 1.29 is 23.8 Å². The van der Waals surface area contributed by atoms with Crippen molar-refractivity contribution in [1.82, 2.24) is 4.57 Å². The zero-order chi connectivity index (χ0) is 29.4. The summed E-state index contributed by atoms with van der Waals surface area (Å²) in [7, 11) is 3.87. The maximum absolute atomic E-state index is 13.8. The molecule has 0 spiro atoms. The molecule has 4 aromatic rings. The Bertz CT molecular complexity index is 1880. The summed E-state index contributed by atoms with van der Waals surface area (Å²) in [5, 5.41) is 9.51. The van der Waals surface area contributed by atoms with Crippen LogP contribution in [0.5, 0.6) is 0 Å². The lowest BCUT2D eigenvalue weighted by atomic mass is 9.95. The number of carboxylic acids is 1. The largest absolute Gasteiger partial charge is 0.478 e. The average Bonchev–Trinajstić information content (AvgIpc) is 3.52. The molecule has 1 N–H and O–H groups in total. The molecule has 3 heterocycles. The van der Waals surface area contributed by atoms with Crippen LogP contribution in [0.1, 0.15) is 41.6 Å². The molecule has 5 rings (SSSR count). The second kappa shape index (κ2) is 11.2. The highest BCUT2D eigenvalue weighted by molar-refractivity contribution is 7.07. The van der Waals surface area contributed by atoms with Crippen LogP contribution in [0.15, 0.2) is 80.1 Å². The summed E-state index contributed by atoms with van der Waals surface area (Å²) in [4.78, 5) is 45.4. The van der Waals surface area contributed by atoms with Crippen LogP contribution in [0.3, 0.4) is 0 Å². The second-order valence-corrected chi connectivity index (χ2v) is 10.9. The Morgan fingerprint density at radius 2 is 1.90 bits per heavy atom. The number of fused-ring (bicyclic) bond motifs is 1. The summed E-state index contributed by atoms with van der Waals surface area (Å²) < 4.78 is 13.2. The number of carbonyl (C=O) groups is 2. The number of halogens is 1. The number of carboxylic acid groups (broad SMARTS) is 1. The smallest absolute Gasteiger partial charge is 0.338 e. The lowest BCUT2D eigenvalue weighted by molar-refractivity contribution is -0.139. The van der Waals surface area contributed by atoms with Crippen molar-refractivity contribution in [2.75, 3.05) is 25.6 Å². The topological polar surface area (TPSA) is 114 Å². The van der Waals surface area contributed by atoms with Crippen LogP contribution >= 0.6 is 22.9 Å². The number of ether oxygens (including phenoxy) is 1. The number of benzene rings is 2. The standard InChI is InChI=1S/C30H26ClN3O6S/c1-5-39-29(38)25-16(2)32-30-34(26(25)17-6-9-19(10-7-17)33(3)4)27(35)24(41-30)15-20-11-13-23(40-20)18-8-12-22(31)21(14-18)28(36)37/h6-15,26H,5H2,1-4H3,(H,36,37). The van der Waals surface area contributed by atoms with E-state index in [1.165, 1.54) is 28.0 Å². The maximum Gasteiger partial charge on any atom is 0.338 e. The van der Waals surface area contributed by atoms with Crippen LogP contribution in [0.2, 0.25) is 5.02 Å². The van der Waals surface area contributed by atoms with E-state index in [9.17, 15) is 19.5 Å². The molecule has 2 aromatic carbocycles. The first-order valence-electron chi connectivity index (χ1n) is 12.7. The zero-order valence-corrected chi connectivity index (χ0v) is 24.2. The van der Waals surface area contributed by atoms with E-state index in [0.29, 0.717) is 37.7 Å². The Morgan fingerprint density at radius 3 is 2.56 bits per heavy atom. The van der Waals surface area contributed by atoms with Crippen molar-refractivity contribution in [2.24, 2.45) is 4.99 Å². The summed E-state index contributed by atoms with van der Waals surface area (Å²) in [6, 6.07) is 14.9. The van der Waals surface area contributed by atoms with Gasteiger partial charge in [-0.2, -0.15) is 0 Å². The number of allylic oxidation sites excluding steroid dienone is 1. The highest BCUT2D eigenvalue weighted by Gasteiger charge is 2.33. The third kappa shape index (κ3) is 5.36. The minimum Gasteiger partial charge on any atom is -0.478 e. The number of hydrogen-bond donors (Lipinski definition) is 1. The van der Waals surface area contributed by atoms with Crippen LogP contribution in [0, 0.1) is 0 Å². The Morgan fingerprint density at radius 1 is 1.17 bits per heavy atom. The van der Waals surface area contributed by atoms with Gasteiger partial charge in [0.1, 0.15) is 11.5 Å². The summed E-state index contributed by atoms with van der Waals surface area (Å²) in [6.45, 7) is 3.66. The van der Waals surface area contributed by atoms with Gasteiger partial charge in [-0.15, -0.1) is 0 Å². The van der Waals surface area contributed by atoms with E-state index in [4.69, 9.17) is 20.8 Å². The van der Waals surface area contributed by atoms with Crippen molar-refractivity contribution in [3.05, 3.63) is 107 Å². The van der Waals surface area contributed by atoms with Crippen molar-refractivity contribution in [3.63, 3.8) is 0 Å². The van der Waals surface area contributed by atoms with E-state index in [2.05, 4.69) is 4.99 Å². The lowest BCUT2D eigenvalue weighted by Crippen LogP contribution is -2.39. The molecule has 1 aliphatic rings. The number of anilines is 1. The molecular formula is C30H26ClN3O6S. The average molecular weight is 592 g/mol. The first-order valence-corrected chi connectivity index (χ1v) is 13.9. The summed E-state index contributed by atoms with van der Waals surface area (Å²) in [6.07, 6.45) is 1.61. The molecule has 0 radical (unpaired) electrons. The van der Waals surface area contributed by atoms with Gasteiger partial charge in [-0.3, -0.25) is 9.36 Å². The van der Waals surface area contributed by atoms with Gasteiger partial charge in [0.25, 0.3) is 5.56 Å². The molecule has 0 bridgehead atoms. The van der Waals surface area contributed by atoms with Gasteiger partial charge >= 0.3 is 11.9 Å². The van der Waals surface area contributed by atoms with Crippen LogP contribution in [0.25, 0.3) is 17.4 Å². The molecule has 0 saturated carbocycles. The minimum absolute atomic E-state index is 0.0400. The highest BCUT2D eigenvalue weighted by Crippen LogP contribution is 2.32. The molecule has 1 aliphatic heterocycles. The summed E-state index contributed by atoms with van der Waals surface area (Å²) in [5.74, 6) is -0.856. The fourth-order valence-corrected chi connectivity index (χ4v) is 5.84. The SMILES string of the molecule is CCOC(=O)C1=C(C)N=c2sc(=Cc3ccc(-c4ccc(Cl)c(C(=O)O)c4)o3)c(=O)n2C1c1ccc(N(C)C)cc1. The van der Waals surface area contributed by atoms with Gasteiger partial charge in [-0.05, 0) is 61.9 Å². The molecule has 2 aromatic heterocycles. The molecule has 0 fully saturated rings. The molecule has 41 heavy (non-hydrogen) atoms. The zero-order valence-electron chi connectivity index (χ0n) is 22.7. The second-order valence-electron chi connectivity index (χ2n) is 9.49. The first kappa shape index (κ1) is 28.1. The minimum atomic E-state index is -1.15. The fraction of sp³-hybridized carbons (Fsp3) is 0.200. The number of nitrogens with zero attached hydrogens (tertiary/aromatic N) is 3. The summed E-state index contributed by atoms with van der Waals surface area (Å²) in [5.41, 5.74) is 2.67. The molecule has 0 aliphatic carbocycles. The Kier molecular flexibility index (Phi) is 7.70. The molecule has 11 heteroatoms. The van der Waals surface area contributed by atoms with E-state index in [0.717, 1.165) is 11.3 Å². The van der Waals surface area contributed by atoms with Crippen LogP contribution in [0.4, 0.5) is 5.69 Å². The highest BCUT2D eigenvalue weighted by atomic mass is 35.5.